The van der Waals surface area contributed by atoms with E-state index in [2.05, 4.69) is 30.0 Å². The van der Waals surface area contributed by atoms with E-state index in [0.717, 1.165) is 17.7 Å². The molecule has 0 N–H and O–H groups in total. The molecule has 0 heterocycles. The second kappa shape index (κ2) is 7.89. The van der Waals surface area contributed by atoms with Crippen molar-refractivity contribution in [2.45, 2.75) is 13.3 Å². The van der Waals surface area contributed by atoms with Gasteiger partial charge in [-0.2, -0.15) is 0 Å². The van der Waals surface area contributed by atoms with Gasteiger partial charge in [-0.15, -0.1) is 6.42 Å². The topological polar surface area (TPSA) is 21.6 Å². The van der Waals surface area contributed by atoms with E-state index >= 15 is 0 Å². The van der Waals surface area contributed by atoms with Crippen molar-refractivity contribution in [3.05, 3.63) is 57.6 Å². The van der Waals surface area contributed by atoms with Gasteiger partial charge in [-0.05, 0) is 41.8 Å². The lowest BCUT2D eigenvalue weighted by Gasteiger charge is -2.08. The molecule has 0 bridgehead atoms. The molecule has 112 valence electrons. The zero-order valence-electron chi connectivity index (χ0n) is 12.1. The summed E-state index contributed by atoms with van der Waals surface area (Å²) >= 11 is 12.3. The Bertz CT molecular complexity index is 692. The Morgan fingerprint density at radius 3 is 2.36 bits per heavy atom. The molecular weight excluding hydrogens is 317 g/mol. The summed E-state index contributed by atoms with van der Waals surface area (Å²) in [5.41, 5.74) is 2.94. The van der Waals surface area contributed by atoms with Crippen molar-refractivity contribution in [1.82, 2.24) is 0 Å². The van der Waals surface area contributed by atoms with E-state index in [1.54, 1.807) is 18.3 Å². The van der Waals surface area contributed by atoms with Crippen LogP contribution in [0.1, 0.15) is 18.1 Å². The minimum absolute atomic E-state index is 0.122. The fraction of sp³-hybridized carbons (Fsp3) is 0.167. The van der Waals surface area contributed by atoms with Crippen LogP contribution in [0.25, 0.3) is 0 Å². The van der Waals surface area contributed by atoms with Gasteiger partial charge in [0.05, 0.1) is 15.7 Å². The first-order valence-corrected chi connectivity index (χ1v) is 7.58. The molecule has 0 fully saturated rings. The highest BCUT2D eigenvalue weighted by molar-refractivity contribution is 6.37. The summed E-state index contributed by atoms with van der Waals surface area (Å²) in [7, 11) is 0. The van der Waals surface area contributed by atoms with Crippen molar-refractivity contribution in [2.75, 3.05) is 6.61 Å². The first kappa shape index (κ1) is 16.4. The summed E-state index contributed by atoms with van der Waals surface area (Å²) in [6.07, 6.45) is 7.88. The van der Waals surface area contributed by atoms with Crippen molar-refractivity contribution >= 4 is 35.1 Å². The van der Waals surface area contributed by atoms with Crippen LogP contribution in [0.3, 0.4) is 0 Å². The molecule has 0 saturated carbocycles. The number of hydrogen-bond acceptors (Lipinski definition) is 2. The van der Waals surface area contributed by atoms with Gasteiger partial charge in [-0.3, -0.25) is 4.99 Å². The number of nitrogens with zero attached hydrogens (tertiary/aromatic N) is 1. The Morgan fingerprint density at radius 1 is 1.18 bits per heavy atom. The summed E-state index contributed by atoms with van der Waals surface area (Å²) in [5.74, 6) is 2.77. The third-order valence-corrected chi connectivity index (χ3v) is 3.59. The van der Waals surface area contributed by atoms with Gasteiger partial charge in [0.25, 0.3) is 0 Å². The van der Waals surface area contributed by atoms with Gasteiger partial charge in [-0.1, -0.05) is 48.2 Å². The quantitative estimate of drug-likeness (QED) is 0.536. The van der Waals surface area contributed by atoms with E-state index in [-0.39, 0.29) is 6.61 Å². The van der Waals surface area contributed by atoms with Gasteiger partial charge in [0.15, 0.2) is 5.75 Å². The average molecular weight is 332 g/mol. The first-order chi connectivity index (χ1) is 10.6. The summed E-state index contributed by atoms with van der Waals surface area (Å²) in [5, 5.41) is 0.816. The van der Waals surface area contributed by atoms with Gasteiger partial charge >= 0.3 is 0 Å². The lowest BCUT2D eigenvalue weighted by atomic mass is 10.1. The molecule has 0 spiro atoms. The first-order valence-electron chi connectivity index (χ1n) is 6.82. The van der Waals surface area contributed by atoms with E-state index in [1.165, 1.54) is 5.56 Å². The molecule has 2 rings (SSSR count). The molecule has 2 nitrogen and oxygen atoms in total. The molecule has 0 amide bonds. The van der Waals surface area contributed by atoms with E-state index < -0.39 is 0 Å². The van der Waals surface area contributed by atoms with Gasteiger partial charge < -0.3 is 4.74 Å². The highest BCUT2D eigenvalue weighted by Crippen LogP contribution is 2.33. The maximum atomic E-state index is 6.15. The maximum Gasteiger partial charge on any atom is 0.157 e. The average Bonchev–Trinajstić information content (AvgIpc) is 2.52. The highest BCUT2D eigenvalue weighted by atomic mass is 35.5. The van der Waals surface area contributed by atoms with Crippen molar-refractivity contribution < 1.29 is 4.74 Å². The predicted octanol–water partition coefficient (Wildman–Crippen LogP) is 5.32. The molecule has 0 aromatic heterocycles. The van der Waals surface area contributed by atoms with E-state index in [9.17, 15) is 0 Å². The van der Waals surface area contributed by atoms with Crippen LogP contribution in [-0.2, 0) is 6.42 Å². The molecule has 0 aliphatic rings. The Morgan fingerprint density at radius 2 is 1.82 bits per heavy atom. The number of aliphatic imine (C=N–C) groups is 1. The highest BCUT2D eigenvalue weighted by Gasteiger charge is 2.08. The summed E-state index contributed by atoms with van der Waals surface area (Å²) in [6, 6.07) is 11.5. The van der Waals surface area contributed by atoms with Crippen LogP contribution in [0.15, 0.2) is 41.4 Å². The molecule has 0 aliphatic heterocycles. The SMILES string of the molecule is C#CCOc1c(Cl)cc(C=Nc2ccc(CC)cc2)cc1Cl. The summed E-state index contributed by atoms with van der Waals surface area (Å²) in [4.78, 5) is 4.41. The molecule has 0 atom stereocenters. The van der Waals surface area contributed by atoms with Crippen LogP contribution in [0, 0.1) is 12.3 Å². The largest absolute Gasteiger partial charge is 0.478 e. The second-order valence-corrected chi connectivity index (χ2v) is 5.40. The number of benzene rings is 2. The molecular formula is C18H15Cl2NO. The van der Waals surface area contributed by atoms with Gasteiger partial charge in [0.1, 0.15) is 6.61 Å². The lowest BCUT2D eigenvalue weighted by molar-refractivity contribution is 0.371. The zero-order valence-corrected chi connectivity index (χ0v) is 13.7. The molecule has 2 aromatic rings. The smallest absolute Gasteiger partial charge is 0.157 e. The van der Waals surface area contributed by atoms with E-state index in [1.807, 2.05) is 12.1 Å². The summed E-state index contributed by atoms with van der Waals surface area (Å²) < 4.78 is 5.32. The van der Waals surface area contributed by atoms with E-state index in [0.29, 0.717) is 15.8 Å². The van der Waals surface area contributed by atoms with Crippen molar-refractivity contribution in [1.29, 1.82) is 0 Å². The monoisotopic (exact) mass is 331 g/mol. The maximum absolute atomic E-state index is 6.15. The molecule has 0 unspecified atom stereocenters. The van der Waals surface area contributed by atoms with Gasteiger partial charge in [0.2, 0.25) is 0 Å². The Balaban J connectivity index is 2.18. The molecule has 4 heteroatoms. The number of terminal acetylenes is 1. The van der Waals surface area contributed by atoms with Gasteiger partial charge in [0, 0.05) is 6.21 Å². The minimum atomic E-state index is 0.122. The van der Waals surface area contributed by atoms with Crippen LogP contribution in [0.5, 0.6) is 5.75 Å². The van der Waals surface area contributed by atoms with E-state index in [4.69, 9.17) is 34.4 Å². The zero-order chi connectivity index (χ0) is 15.9. The third kappa shape index (κ3) is 4.27. The van der Waals surface area contributed by atoms with Gasteiger partial charge in [-0.25, -0.2) is 0 Å². The Labute approximate surface area is 140 Å². The van der Waals surface area contributed by atoms with Crippen LogP contribution >= 0.6 is 23.2 Å². The standard InChI is InChI=1S/C18H15Cl2NO/c1-3-9-22-18-16(19)10-14(11-17(18)20)12-21-15-7-5-13(4-2)6-8-15/h1,5-8,10-12H,4,9H2,2H3. The fourth-order valence-electron chi connectivity index (χ4n) is 1.87. The Kier molecular flexibility index (Phi) is 5.89. The van der Waals surface area contributed by atoms with Crippen molar-refractivity contribution in [3.63, 3.8) is 0 Å². The lowest BCUT2D eigenvalue weighted by Crippen LogP contribution is -1.96. The van der Waals surface area contributed by atoms with Crippen LogP contribution in [-0.4, -0.2) is 12.8 Å². The minimum Gasteiger partial charge on any atom is -0.478 e. The third-order valence-electron chi connectivity index (χ3n) is 3.03. The second-order valence-electron chi connectivity index (χ2n) is 4.58. The van der Waals surface area contributed by atoms with Crippen molar-refractivity contribution in [3.8, 4) is 18.1 Å². The van der Waals surface area contributed by atoms with Crippen molar-refractivity contribution in [2.24, 2.45) is 4.99 Å². The van der Waals surface area contributed by atoms with Crippen LogP contribution in [0.4, 0.5) is 5.69 Å². The fourth-order valence-corrected chi connectivity index (χ4v) is 2.49. The molecule has 0 saturated heterocycles. The van der Waals surface area contributed by atoms with Crippen LogP contribution in [0.2, 0.25) is 10.0 Å². The predicted molar refractivity (Wildman–Crippen MR) is 93.9 cm³/mol. The normalized spacial score (nSPS) is 10.6. The Hall–Kier alpha value is -1.95. The van der Waals surface area contributed by atoms with Crippen LogP contribution < -0.4 is 4.74 Å². The molecule has 0 aliphatic carbocycles. The summed E-state index contributed by atoms with van der Waals surface area (Å²) in [6.45, 7) is 2.24. The number of rotatable bonds is 5. The number of hydrogen-bond donors (Lipinski definition) is 0. The number of halogens is 2. The number of ether oxygens (including phenoxy) is 1. The molecule has 0 radical (unpaired) electrons. The molecule has 2 aromatic carbocycles. The number of aryl methyl sites for hydroxylation is 1. The molecule has 22 heavy (non-hydrogen) atoms.